The van der Waals surface area contributed by atoms with E-state index in [-0.39, 0.29) is 30.2 Å². The molecule has 0 aliphatic carbocycles. The van der Waals surface area contributed by atoms with Crippen molar-refractivity contribution in [3.8, 4) is 0 Å². The Labute approximate surface area is 238 Å². The fourth-order valence-corrected chi connectivity index (χ4v) is 13.2. The number of hydrogen-bond acceptors (Lipinski definition) is 7. The molecule has 2 saturated heterocycles. The van der Waals surface area contributed by atoms with Crippen LogP contribution in [0.5, 0.6) is 0 Å². The Balaban J connectivity index is 1.97. The summed E-state index contributed by atoms with van der Waals surface area (Å²) in [5.74, 6) is 0.0288. The zero-order valence-corrected chi connectivity index (χ0v) is 26.7. The molecule has 2 rings (SSSR count). The van der Waals surface area contributed by atoms with Crippen LogP contribution in [0.4, 0.5) is 0 Å². The third kappa shape index (κ3) is 12.9. The standard InChI is InChI=1S/C26H56N6O5Si2/c1-4-6-7-8-9-10-11-12-13-16-23-21-33-38(35-23,19-14-17-31-25(27)28)37-39(20-15-18-32-26(29)30)34-22(3)24(5-2)36-39/h22-24H,4-21H2,1-3H3,(H4,27,28,31)(H4,29,30,32). The molecule has 0 aromatic rings. The number of guanidine groups is 2. The summed E-state index contributed by atoms with van der Waals surface area (Å²) in [6.07, 6.45) is 14.8. The molecule has 11 nitrogen and oxygen atoms in total. The van der Waals surface area contributed by atoms with Crippen LogP contribution in [-0.4, -0.2) is 67.5 Å². The Morgan fingerprint density at radius 3 is 2.18 bits per heavy atom. The normalized spacial score (nSPS) is 28.5. The number of nitrogens with two attached hydrogens (primary N) is 3. The maximum Gasteiger partial charge on any atom is 0.494 e. The molecule has 228 valence electrons. The number of nitrogens with one attached hydrogen (secondary N) is 2. The SMILES string of the molecule is CCCCCCCCCCCC1CO[Si](CCCN=C(N)N)(O[Si]2(CCCNC(=N)N)OC(C)C(CC)O2)O1. The summed E-state index contributed by atoms with van der Waals surface area (Å²) in [6.45, 7) is 7.97. The lowest BCUT2D eigenvalue weighted by Crippen LogP contribution is -2.55. The van der Waals surface area contributed by atoms with E-state index >= 15 is 0 Å². The molecule has 8 N–H and O–H groups in total. The van der Waals surface area contributed by atoms with Crippen LogP contribution in [-0.2, 0) is 21.8 Å². The van der Waals surface area contributed by atoms with E-state index in [0.29, 0.717) is 44.6 Å². The summed E-state index contributed by atoms with van der Waals surface area (Å²) in [6, 6.07) is 1.21. The zero-order valence-electron chi connectivity index (χ0n) is 24.7. The van der Waals surface area contributed by atoms with E-state index in [0.717, 1.165) is 19.3 Å². The quantitative estimate of drug-likeness (QED) is 0.0575. The van der Waals surface area contributed by atoms with Gasteiger partial charge in [-0.2, -0.15) is 0 Å². The summed E-state index contributed by atoms with van der Waals surface area (Å²) < 4.78 is 32.9. The second kappa shape index (κ2) is 18.3. The van der Waals surface area contributed by atoms with Gasteiger partial charge in [-0.25, -0.2) is 0 Å². The summed E-state index contributed by atoms with van der Waals surface area (Å²) in [7, 11) is -6.17. The highest BCUT2D eigenvalue weighted by atomic mass is 28.5. The lowest BCUT2D eigenvalue weighted by molar-refractivity contribution is 0.119. The van der Waals surface area contributed by atoms with Crippen LogP contribution in [0.15, 0.2) is 4.99 Å². The minimum Gasteiger partial charge on any atom is -0.371 e. The topological polar surface area (TPSA) is 172 Å². The average Bonchev–Trinajstić information content (AvgIpc) is 3.43. The predicted molar refractivity (Wildman–Crippen MR) is 160 cm³/mol. The van der Waals surface area contributed by atoms with Gasteiger partial charge in [0, 0.05) is 25.2 Å². The van der Waals surface area contributed by atoms with E-state index in [9.17, 15) is 0 Å². The number of rotatable bonds is 21. The maximum absolute atomic E-state index is 7.43. The summed E-state index contributed by atoms with van der Waals surface area (Å²) >= 11 is 0. The van der Waals surface area contributed by atoms with Gasteiger partial charge in [0.15, 0.2) is 11.9 Å². The minimum absolute atomic E-state index is 0.0236. The van der Waals surface area contributed by atoms with Crippen LogP contribution in [0.25, 0.3) is 0 Å². The van der Waals surface area contributed by atoms with Crippen LogP contribution in [0, 0.1) is 5.41 Å². The maximum atomic E-state index is 7.43. The Morgan fingerprint density at radius 1 is 0.897 bits per heavy atom. The van der Waals surface area contributed by atoms with Gasteiger partial charge in [0.2, 0.25) is 0 Å². The van der Waals surface area contributed by atoms with Crippen LogP contribution >= 0.6 is 0 Å². The molecule has 0 aromatic carbocycles. The van der Waals surface area contributed by atoms with Crippen LogP contribution < -0.4 is 22.5 Å². The Hall–Kier alpha value is -1.23. The van der Waals surface area contributed by atoms with Gasteiger partial charge in [0.05, 0.1) is 24.9 Å². The summed E-state index contributed by atoms with van der Waals surface area (Å²) in [5, 5.41) is 10.3. The third-order valence-electron chi connectivity index (χ3n) is 7.31. The Bertz CT molecular complexity index is 735. The van der Waals surface area contributed by atoms with Crippen molar-refractivity contribution in [3.05, 3.63) is 0 Å². The lowest BCUT2D eigenvalue weighted by Gasteiger charge is -2.33. The zero-order chi connectivity index (χ0) is 28.6. The van der Waals surface area contributed by atoms with Crippen molar-refractivity contribution in [2.75, 3.05) is 19.7 Å². The Kier molecular flexibility index (Phi) is 15.9. The first-order valence-corrected chi connectivity index (χ1v) is 19.1. The fraction of sp³-hybridized carbons (Fsp3) is 0.923. The van der Waals surface area contributed by atoms with Gasteiger partial charge in [-0.1, -0.05) is 71.6 Å². The molecule has 2 heterocycles. The third-order valence-corrected chi connectivity index (χ3v) is 14.4. The second-order valence-electron chi connectivity index (χ2n) is 10.9. The molecule has 0 amide bonds. The van der Waals surface area contributed by atoms with Gasteiger partial charge >= 0.3 is 17.6 Å². The van der Waals surface area contributed by atoms with Crippen LogP contribution in [0.3, 0.4) is 0 Å². The monoisotopic (exact) mass is 588 g/mol. The first-order chi connectivity index (χ1) is 18.7. The molecule has 2 aliphatic rings. The molecular weight excluding hydrogens is 532 g/mol. The van der Waals surface area contributed by atoms with E-state index < -0.39 is 17.6 Å². The van der Waals surface area contributed by atoms with E-state index in [1.54, 1.807) is 0 Å². The van der Waals surface area contributed by atoms with Crippen molar-refractivity contribution >= 4 is 29.5 Å². The molecule has 5 unspecified atom stereocenters. The van der Waals surface area contributed by atoms with E-state index in [4.69, 9.17) is 44.4 Å². The molecule has 39 heavy (non-hydrogen) atoms. The minimum atomic E-state index is -3.09. The van der Waals surface area contributed by atoms with Crippen molar-refractivity contribution in [2.24, 2.45) is 22.2 Å². The van der Waals surface area contributed by atoms with Crippen molar-refractivity contribution < 1.29 is 21.8 Å². The lowest BCUT2D eigenvalue weighted by atomic mass is 10.1. The molecular formula is C26H56N6O5Si2. The van der Waals surface area contributed by atoms with Crippen molar-refractivity contribution in [3.63, 3.8) is 0 Å². The van der Waals surface area contributed by atoms with Crippen LogP contribution in [0.1, 0.15) is 104 Å². The van der Waals surface area contributed by atoms with Crippen molar-refractivity contribution in [1.29, 1.82) is 5.41 Å². The van der Waals surface area contributed by atoms with Gasteiger partial charge in [-0.3, -0.25) is 10.4 Å². The second-order valence-corrected chi connectivity index (χ2v) is 16.4. The average molecular weight is 589 g/mol. The van der Waals surface area contributed by atoms with E-state index in [1.807, 2.05) is 6.92 Å². The van der Waals surface area contributed by atoms with Gasteiger partial charge in [-0.05, 0) is 32.6 Å². The van der Waals surface area contributed by atoms with E-state index in [2.05, 4.69) is 24.2 Å². The number of hydrogen-bond donors (Lipinski definition) is 5. The highest BCUT2D eigenvalue weighted by Crippen LogP contribution is 2.38. The number of aliphatic imine (C=N–C) groups is 1. The summed E-state index contributed by atoms with van der Waals surface area (Å²) in [5.41, 5.74) is 16.5. The molecule has 5 atom stereocenters. The van der Waals surface area contributed by atoms with Crippen molar-refractivity contribution in [1.82, 2.24) is 5.32 Å². The molecule has 0 aromatic heterocycles. The molecule has 13 heteroatoms. The van der Waals surface area contributed by atoms with Crippen molar-refractivity contribution in [2.45, 2.75) is 135 Å². The first kappa shape index (κ1) is 34.0. The largest absolute Gasteiger partial charge is 0.494 e. The van der Waals surface area contributed by atoms with Crippen LogP contribution in [0.2, 0.25) is 12.1 Å². The first-order valence-electron chi connectivity index (χ1n) is 15.2. The molecule has 2 fully saturated rings. The van der Waals surface area contributed by atoms with Gasteiger partial charge in [-0.15, -0.1) is 0 Å². The smallest absolute Gasteiger partial charge is 0.371 e. The summed E-state index contributed by atoms with van der Waals surface area (Å²) in [4.78, 5) is 4.14. The highest BCUT2D eigenvalue weighted by molar-refractivity contribution is 6.75. The number of unbranched alkanes of at least 4 members (excludes halogenated alkanes) is 8. The molecule has 2 aliphatic heterocycles. The molecule has 0 spiro atoms. The van der Waals surface area contributed by atoms with Gasteiger partial charge in [0.25, 0.3) is 0 Å². The highest BCUT2D eigenvalue weighted by Gasteiger charge is 2.60. The fourth-order valence-electron chi connectivity index (χ4n) is 5.22. The molecule has 0 radical (unpaired) electrons. The Morgan fingerprint density at radius 2 is 1.56 bits per heavy atom. The molecule has 0 saturated carbocycles. The van der Waals surface area contributed by atoms with Gasteiger partial charge < -0.3 is 44.3 Å². The van der Waals surface area contributed by atoms with Gasteiger partial charge in [0.1, 0.15) is 0 Å². The van der Waals surface area contributed by atoms with E-state index in [1.165, 1.54) is 51.4 Å². The predicted octanol–water partition coefficient (Wildman–Crippen LogP) is 3.97. The number of nitrogens with zero attached hydrogens (tertiary/aromatic N) is 1. The molecule has 0 bridgehead atoms.